The first-order chi connectivity index (χ1) is 7.65. The minimum Gasteiger partial charge on any atom is -0.479 e. The van der Waals surface area contributed by atoms with E-state index in [-0.39, 0.29) is 0 Å². The molecule has 0 saturated heterocycles. The topological polar surface area (TPSA) is 75.6 Å². The van der Waals surface area contributed by atoms with Crippen LogP contribution in [0.5, 0.6) is 0 Å². The predicted octanol–water partition coefficient (Wildman–Crippen LogP) is 2.32. The highest BCUT2D eigenvalue weighted by molar-refractivity contribution is 5.82. The summed E-state index contributed by atoms with van der Waals surface area (Å²) in [6.07, 6.45) is 1.51. The lowest BCUT2D eigenvalue weighted by atomic mass is 10.1. The quantitative estimate of drug-likeness (QED) is 0.743. The van der Waals surface area contributed by atoms with E-state index in [9.17, 15) is 9.59 Å². The highest BCUT2D eigenvalue weighted by atomic mass is 16.6. The molecular weight excluding hydrogens is 222 g/mol. The number of alkyl carbamates (subject to hydrolysis) is 1. The maximum atomic E-state index is 11.4. The number of nitrogens with one attached hydrogen (secondary N) is 1. The Morgan fingerprint density at radius 2 is 1.94 bits per heavy atom. The zero-order chi connectivity index (χ0) is 13.6. The van der Waals surface area contributed by atoms with Crippen molar-refractivity contribution in [3.05, 3.63) is 11.6 Å². The van der Waals surface area contributed by atoms with Gasteiger partial charge in [-0.2, -0.15) is 0 Å². The third kappa shape index (κ3) is 7.38. The Morgan fingerprint density at radius 3 is 2.29 bits per heavy atom. The number of carboxylic acids is 1. The molecule has 0 aliphatic rings. The second-order valence-corrected chi connectivity index (χ2v) is 4.83. The molecule has 0 aliphatic carbocycles. The van der Waals surface area contributed by atoms with Crippen molar-refractivity contribution < 1.29 is 19.4 Å². The fraction of sp³-hybridized carbons (Fsp3) is 0.667. The highest BCUT2D eigenvalue weighted by Gasteiger charge is 2.22. The monoisotopic (exact) mass is 243 g/mol. The Morgan fingerprint density at radius 1 is 1.41 bits per heavy atom. The Bertz CT molecular complexity index is 315. The lowest BCUT2D eigenvalue weighted by Gasteiger charge is -2.21. The van der Waals surface area contributed by atoms with E-state index in [0.717, 1.165) is 12.0 Å². The van der Waals surface area contributed by atoms with Crippen molar-refractivity contribution in [2.45, 2.75) is 52.7 Å². The number of rotatable bonds is 4. The van der Waals surface area contributed by atoms with Crippen molar-refractivity contribution in [2.75, 3.05) is 0 Å². The maximum absolute atomic E-state index is 11.4. The zero-order valence-electron chi connectivity index (χ0n) is 11.0. The fourth-order valence-corrected chi connectivity index (χ4v) is 1.01. The van der Waals surface area contributed by atoms with Crippen LogP contribution in [-0.4, -0.2) is 28.8 Å². The normalized spacial score (nSPS) is 14.1. The van der Waals surface area contributed by atoms with E-state index < -0.39 is 23.7 Å². The number of aliphatic carboxylic acids is 1. The van der Waals surface area contributed by atoms with Crippen LogP contribution in [0.4, 0.5) is 4.79 Å². The SMILES string of the molecule is CC/C(C)=C/[C@@H](NC(=O)OC(C)(C)C)C(=O)O. The molecule has 0 fully saturated rings. The van der Waals surface area contributed by atoms with E-state index in [2.05, 4.69) is 5.32 Å². The first-order valence-electron chi connectivity index (χ1n) is 5.55. The molecule has 0 rings (SSSR count). The van der Waals surface area contributed by atoms with Crippen molar-refractivity contribution >= 4 is 12.1 Å². The summed E-state index contributed by atoms with van der Waals surface area (Å²) in [5.41, 5.74) is 0.255. The van der Waals surface area contributed by atoms with Crippen LogP contribution in [0.2, 0.25) is 0 Å². The number of ether oxygens (including phenoxy) is 1. The Hall–Kier alpha value is -1.52. The van der Waals surface area contributed by atoms with Gasteiger partial charge >= 0.3 is 12.1 Å². The fourth-order valence-electron chi connectivity index (χ4n) is 1.01. The summed E-state index contributed by atoms with van der Waals surface area (Å²) in [5.74, 6) is -1.11. The van der Waals surface area contributed by atoms with E-state index in [0.29, 0.717) is 0 Å². The summed E-state index contributed by atoms with van der Waals surface area (Å²) in [5, 5.41) is 11.3. The van der Waals surface area contributed by atoms with Crippen molar-refractivity contribution in [1.82, 2.24) is 5.32 Å². The molecule has 0 saturated carbocycles. The van der Waals surface area contributed by atoms with Crippen LogP contribution in [0.1, 0.15) is 41.0 Å². The molecule has 2 N–H and O–H groups in total. The van der Waals surface area contributed by atoms with Gasteiger partial charge in [-0.05, 0) is 34.1 Å². The highest BCUT2D eigenvalue weighted by Crippen LogP contribution is 2.07. The van der Waals surface area contributed by atoms with Crippen LogP contribution in [-0.2, 0) is 9.53 Å². The van der Waals surface area contributed by atoms with Gasteiger partial charge in [-0.25, -0.2) is 9.59 Å². The van der Waals surface area contributed by atoms with E-state index in [1.165, 1.54) is 6.08 Å². The van der Waals surface area contributed by atoms with E-state index in [4.69, 9.17) is 9.84 Å². The smallest absolute Gasteiger partial charge is 0.408 e. The molecule has 0 aromatic carbocycles. The molecule has 0 heterocycles. The van der Waals surface area contributed by atoms with Gasteiger partial charge in [-0.1, -0.05) is 18.6 Å². The average molecular weight is 243 g/mol. The van der Waals surface area contributed by atoms with Crippen LogP contribution >= 0.6 is 0 Å². The van der Waals surface area contributed by atoms with Crippen molar-refractivity contribution in [1.29, 1.82) is 0 Å². The number of allylic oxidation sites excluding steroid dienone is 1. The molecular formula is C12H21NO4. The lowest BCUT2D eigenvalue weighted by Crippen LogP contribution is -2.42. The van der Waals surface area contributed by atoms with Crippen LogP contribution in [0.3, 0.4) is 0 Å². The van der Waals surface area contributed by atoms with Gasteiger partial charge in [0.2, 0.25) is 0 Å². The van der Waals surface area contributed by atoms with Gasteiger partial charge in [0, 0.05) is 0 Å². The molecule has 0 unspecified atom stereocenters. The average Bonchev–Trinajstić information content (AvgIpc) is 2.13. The van der Waals surface area contributed by atoms with E-state index >= 15 is 0 Å². The molecule has 17 heavy (non-hydrogen) atoms. The van der Waals surface area contributed by atoms with Crippen molar-refractivity contribution in [2.24, 2.45) is 0 Å². The lowest BCUT2D eigenvalue weighted by molar-refractivity contribution is -0.138. The number of hydrogen-bond donors (Lipinski definition) is 2. The van der Waals surface area contributed by atoms with Gasteiger partial charge in [-0.3, -0.25) is 0 Å². The minimum absolute atomic E-state index is 0.642. The standard InChI is InChI=1S/C12H21NO4/c1-6-8(2)7-9(10(14)15)13-11(16)17-12(3,4)5/h7,9H,6H2,1-5H3,(H,13,16)(H,14,15)/b8-7+/t9-/m1/s1. The second-order valence-electron chi connectivity index (χ2n) is 4.83. The van der Waals surface area contributed by atoms with Gasteiger partial charge in [0.05, 0.1) is 0 Å². The van der Waals surface area contributed by atoms with Crippen LogP contribution in [0.25, 0.3) is 0 Å². The van der Waals surface area contributed by atoms with Crippen LogP contribution in [0, 0.1) is 0 Å². The molecule has 0 aliphatic heterocycles. The third-order valence-electron chi connectivity index (χ3n) is 1.95. The number of amides is 1. The molecule has 0 bridgehead atoms. The van der Waals surface area contributed by atoms with E-state index in [1.807, 2.05) is 13.8 Å². The van der Waals surface area contributed by atoms with Crippen LogP contribution < -0.4 is 5.32 Å². The third-order valence-corrected chi connectivity index (χ3v) is 1.95. The Balaban J connectivity index is 4.57. The summed E-state index contributed by atoms with van der Waals surface area (Å²) >= 11 is 0. The van der Waals surface area contributed by atoms with Gasteiger partial charge in [0.1, 0.15) is 11.6 Å². The molecule has 1 amide bonds. The largest absolute Gasteiger partial charge is 0.479 e. The van der Waals surface area contributed by atoms with Crippen LogP contribution in [0.15, 0.2) is 11.6 Å². The summed E-state index contributed by atoms with van der Waals surface area (Å²) in [4.78, 5) is 22.4. The molecule has 5 nitrogen and oxygen atoms in total. The molecule has 98 valence electrons. The van der Waals surface area contributed by atoms with Gasteiger partial charge in [0.15, 0.2) is 0 Å². The number of carboxylic acid groups (broad SMARTS) is 1. The van der Waals surface area contributed by atoms with Gasteiger partial charge in [-0.15, -0.1) is 0 Å². The Labute approximate surface area is 102 Å². The second kappa shape index (κ2) is 6.27. The summed E-state index contributed by atoms with van der Waals surface area (Å²) in [6, 6.07) is -1.05. The molecule has 0 aromatic rings. The summed E-state index contributed by atoms with van der Waals surface area (Å²) in [6.45, 7) is 8.88. The maximum Gasteiger partial charge on any atom is 0.408 e. The molecule has 5 heteroatoms. The van der Waals surface area contributed by atoms with Gasteiger partial charge in [0.25, 0.3) is 0 Å². The van der Waals surface area contributed by atoms with E-state index in [1.54, 1.807) is 20.8 Å². The summed E-state index contributed by atoms with van der Waals surface area (Å²) < 4.78 is 4.99. The summed E-state index contributed by atoms with van der Waals surface area (Å²) in [7, 11) is 0. The first kappa shape index (κ1) is 15.5. The Kier molecular flexibility index (Phi) is 5.71. The first-order valence-corrected chi connectivity index (χ1v) is 5.55. The molecule has 1 atom stereocenters. The number of carbonyl (C=O) groups is 2. The van der Waals surface area contributed by atoms with Crippen molar-refractivity contribution in [3.8, 4) is 0 Å². The number of carbonyl (C=O) groups excluding carboxylic acids is 1. The molecule has 0 radical (unpaired) electrons. The van der Waals surface area contributed by atoms with Crippen molar-refractivity contribution in [3.63, 3.8) is 0 Å². The number of hydrogen-bond acceptors (Lipinski definition) is 3. The zero-order valence-corrected chi connectivity index (χ0v) is 11.0. The minimum atomic E-state index is -1.11. The molecule has 0 aromatic heterocycles. The predicted molar refractivity (Wildman–Crippen MR) is 64.8 cm³/mol. The molecule has 0 spiro atoms. The van der Waals surface area contributed by atoms with Gasteiger partial charge < -0.3 is 15.2 Å².